The number of fused-ring (bicyclic) bond motifs is 3. The van der Waals surface area contributed by atoms with E-state index in [4.69, 9.17) is 16.6 Å². The predicted octanol–water partition coefficient (Wildman–Crippen LogP) is 2.89. The van der Waals surface area contributed by atoms with Gasteiger partial charge in [0.15, 0.2) is 11.2 Å². The van der Waals surface area contributed by atoms with E-state index in [9.17, 15) is 9.59 Å². The van der Waals surface area contributed by atoms with E-state index in [0.29, 0.717) is 35.1 Å². The number of likely N-dealkylation sites (tertiary alicyclic amines) is 1. The Bertz CT molecular complexity index is 1450. The second-order valence-electron chi connectivity index (χ2n) is 8.61. The molecule has 0 N–H and O–H groups in total. The van der Waals surface area contributed by atoms with Crippen LogP contribution in [0, 0.1) is 13.8 Å². The molecule has 0 saturated carbocycles. The van der Waals surface area contributed by atoms with E-state index in [1.54, 1.807) is 7.05 Å². The van der Waals surface area contributed by atoms with Crippen molar-refractivity contribution in [2.24, 2.45) is 7.05 Å². The third-order valence-electron chi connectivity index (χ3n) is 6.67. The molecule has 0 aliphatic carbocycles. The Hall–Kier alpha value is -2.84. The van der Waals surface area contributed by atoms with Gasteiger partial charge in [-0.1, -0.05) is 24.1 Å². The predicted molar refractivity (Wildman–Crippen MR) is 126 cm³/mol. The van der Waals surface area contributed by atoms with Gasteiger partial charge in [-0.05, 0) is 58.0 Å². The quantitative estimate of drug-likeness (QED) is 0.475. The summed E-state index contributed by atoms with van der Waals surface area (Å²) in [5, 5.41) is 0.620. The van der Waals surface area contributed by atoms with Crippen LogP contribution in [-0.4, -0.2) is 47.6 Å². The van der Waals surface area contributed by atoms with Crippen LogP contribution in [0.25, 0.3) is 22.6 Å². The highest BCUT2D eigenvalue weighted by molar-refractivity contribution is 6.30. The SMILES string of the molecule is Cc1c(C)n2c3c(=O)n(CCN4CCCCC4)c(=O)n(C)c3nc2n1-c1cccc(Cl)c1. The molecular weight excluding hydrogens is 428 g/mol. The van der Waals surface area contributed by atoms with Gasteiger partial charge >= 0.3 is 5.69 Å². The molecule has 4 aromatic rings. The van der Waals surface area contributed by atoms with E-state index in [-0.39, 0.29) is 11.2 Å². The molecule has 0 radical (unpaired) electrons. The van der Waals surface area contributed by atoms with E-state index in [1.165, 1.54) is 28.4 Å². The van der Waals surface area contributed by atoms with Crippen molar-refractivity contribution in [1.82, 2.24) is 28.0 Å². The van der Waals surface area contributed by atoms with Crippen LogP contribution in [0.4, 0.5) is 0 Å². The zero-order valence-electron chi connectivity index (χ0n) is 18.6. The Morgan fingerprint density at radius 3 is 2.50 bits per heavy atom. The van der Waals surface area contributed by atoms with Crippen LogP contribution in [0.1, 0.15) is 30.7 Å². The summed E-state index contributed by atoms with van der Waals surface area (Å²) >= 11 is 6.23. The molecule has 3 aromatic heterocycles. The summed E-state index contributed by atoms with van der Waals surface area (Å²) < 4.78 is 6.68. The van der Waals surface area contributed by atoms with E-state index in [0.717, 1.165) is 30.2 Å². The van der Waals surface area contributed by atoms with Gasteiger partial charge in [0.05, 0.1) is 5.69 Å². The molecule has 4 heterocycles. The lowest BCUT2D eigenvalue weighted by Gasteiger charge is -2.26. The Labute approximate surface area is 190 Å². The molecule has 0 amide bonds. The molecule has 5 rings (SSSR count). The van der Waals surface area contributed by atoms with E-state index in [2.05, 4.69) is 4.90 Å². The topological polar surface area (TPSA) is 69.5 Å². The lowest BCUT2D eigenvalue weighted by molar-refractivity contribution is 0.218. The normalized spacial score (nSPS) is 15.2. The van der Waals surface area contributed by atoms with Gasteiger partial charge in [-0.25, -0.2) is 4.79 Å². The van der Waals surface area contributed by atoms with E-state index in [1.807, 2.05) is 47.1 Å². The van der Waals surface area contributed by atoms with Gasteiger partial charge in [0, 0.05) is 36.5 Å². The maximum Gasteiger partial charge on any atom is 0.332 e. The first-order chi connectivity index (χ1) is 15.4. The second-order valence-corrected chi connectivity index (χ2v) is 9.04. The Morgan fingerprint density at radius 1 is 1.03 bits per heavy atom. The Balaban J connectivity index is 1.71. The molecule has 1 fully saturated rings. The first-order valence-corrected chi connectivity index (χ1v) is 11.4. The lowest BCUT2D eigenvalue weighted by atomic mass is 10.1. The number of benzene rings is 1. The molecular formula is C23H27ClN6O2. The molecule has 32 heavy (non-hydrogen) atoms. The van der Waals surface area contributed by atoms with Gasteiger partial charge < -0.3 is 4.90 Å². The molecule has 8 nitrogen and oxygen atoms in total. The van der Waals surface area contributed by atoms with Gasteiger partial charge in [0.25, 0.3) is 5.56 Å². The van der Waals surface area contributed by atoms with Crippen molar-refractivity contribution in [3.05, 3.63) is 61.5 Å². The summed E-state index contributed by atoms with van der Waals surface area (Å²) in [4.78, 5) is 33.7. The third kappa shape index (κ3) is 3.20. The number of imidazole rings is 2. The van der Waals surface area contributed by atoms with Crippen molar-refractivity contribution in [2.45, 2.75) is 39.7 Å². The highest BCUT2D eigenvalue weighted by Gasteiger charge is 2.23. The average molecular weight is 455 g/mol. The van der Waals surface area contributed by atoms with Gasteiger partial charge in [-0.2, -0.15) is 4.98 Å². The largest absolute Gasteiger partial charge is 0.332 e. The van der Waals surface area contributed by atoms with Crippen molar-refractivity contribution in [2.75, 3.05) is 19.6 Å². The molecule has 1 aromatic carbocycles. The summed E-state index contributed by atoms with van der Waals surface area (Å²) in [5.41, 5.74) is 2.93. The van der Waals surface area contributed by atoms with Crippen molar-refractivity contribution in [3.8, 4) is 5.69 Å². The molecule has 0 atom stereocenters. The van der Waals surface area contributed by atoms with Crippen LogP contribution in [0.5, 0.6) is 0 Å². The van der Waals surface area contributed by atoms with Crippen LogP contribution in [0.2, 0.25) is 5.02 Å². The highest BCUT2D eigenvalue weighted by Crippen LogP contribution is 2.25. The third-order valence-corrected chi connectivity index (χ3v) is 6.91. The lowest BCUT2D eigenvalue weighted by Crippen LogP contribution is -2.43. The minimum atomic E-state index is -0.330. The summed E-state index contributed by atoms with van der Waals surface area (Å²) in [5.74, 6) is 0.596. The number of hydrogen-bond donors (Lipinski definition) is 0. The fourth-order valence-corrected chi connectivity index (χ4v) is 4.98. The molecule has 1 aliphatic heterocycles. The number of piperidine rings is 1. The summed E-state index contributed by atoms with van der Waals surface area (Å²) in [6.07, 6.45) is 3.59. The fourth-order valence-electron chi connectivity index (χ4n) is 4.80. The standard InChI is InChI=1S/C23H27ClN6O2/c1-15-16(2)30-19-20(25-22(30)29(15)18-9-7-8-17(24)14-18)26(3)23(32)28(21(19)31)13-12-27-10-5-4-6-11-27/h7-9,14H,4-6,10-13H2,1-3H3. The summed E-state index contributed by atoms with van der Waals surface area (Å²) in [6.45, 7) is 7.08. The van der Waals surface area contributed by atoms with Gasteiger partial charge in [0.1, 0.15) is 0 Å². The minimum Gasteiger partial charge on any atom is -0.302 e. The van der Waals surface area contributed by atoms with Crippen molar-refractivity contribution in [1.29, 1.82) is 0 Å². The zero-order valence-corrected chi connectivity index (χ0v) is 19.4. The first kappa shape index (κ1) is 21.0. The second kappa shape index (κ2) is 7.94. The number of rotatable bonds is 4. The van der Waals surface area contributed by atoms with Crippen LogP contribution in [-0.2, 0) is 13.6 Å². The molecule has 9 heteroatoms. The fraction of sp³-hybridized carbons (Fsp3) is 0.435. The van der Waals surface area contributed by atoms with Crippen molar-refractivity contribution >= 4 is 28.5 Å². The maximum absolute atomic E-state index is 13.6. The van der Waals surface area contributed by atoms with Gasteiger partial charge in [-0.3, -0.25) is 22.9 Å². The monoisotopic (exact) mass is 454 g/mol. The number of halogens is 1. The number of nitrogens with zero attached hydrogens (tertiary/aromatic N) is 6. The number of aromatic nitrogens is 5. The molecule has 0 bridgehead atoms. The van der Waals surface area contributed by atoms with Gasteiger partial charge in [-0.15, -0.1) is 0 Å². The number of aryl methyl sites for hydroxylation is 2. The molecule has 1 aliphatic rings. The van der Waals surface area contributed by atoms with Crippen LogP contribution in [0.3, 0.4) is 0 Å². The molecule has 0 unspecified atom stereocenters. The Morgan fingerprint density at radius 2 is 1.78 bits per heavy atom. The van der Waals surface area contributed by atoms with Gasteiger partial charge in [0.2, 0.25) is 5.78 Å². The molecule has 0 spiro atoms. The van der Waals surface area contributed by atoms with Crippen LogP contribution >= 0.6 is 11.6 Å². The zero-order chi connectivity index (χ0) is 22.6. The van der Waals surface area contributed by atoms with Crippen LogP contribution < -0.4 is 11.2 Å². The smallest absolute Gasteiger partial charge is 0.302 e. The minimum absolute atomic E-state index is 0.293. The summed E-state index contributed by atoms with van der Waals surface area (Å²) in [7, 11) is 1.68. The Kier molecular flexibility index (Phi) is 5.22. The highest BCUT2D eigenvalue weighted by atomic mass is 35.5. The van der Waals surface area contributed by atoms with Crippen LogP contribution in [0.15, 0.2) is 33.9 Å². The first-order valence-electron chi connectivity index (χ1n) is 11.1. The number of hydrogen-bond acceptors (Lipinski definition) is 4. The van der Waals surface area contributed by atoms with E-state index >= 15 is 0 Å². The van der Waals surface area contributed by atoms with E-state index < -0.39 is 0 Å². The average Bonchev–Trinajstić information content (AvgIpc) is 3.28. The maximum atomic E-state index is 13.6. The summed E-state index contributed by atoms with van der Waals surface area (Å²) in [6, 6.07) is 7.52. The molecule has 168 valence electrons. The molecule has 1 saturated heterocycles. The van der Waals surface area contributed by atoms with Crippen molar-refractivity contribution < 1.29 is 0 Å². The van der Waals surface area contributed by atoms with Crippen molar-refractivity contribution in [3.63, 3.8) is 0 Å².